The predicted molar refractivity (Wildman–Crippen MR) is 130 cm³/mol. The molecule has 0 aliphatic carbocycles. The summed E-state index contributed by atoms with van der Waals surface area (Å²) in [5.74, 6) is -0.0770. The number of carbonyl (C=O) groups excluding carboxylic acids is 2. The Labute approximate surface area is 200 Å². The largest absolute Gasteiger partial charge is 0.507 e. The molecule has 1 saturated heterocycles. The number of aliphatic hydroxyl groups is 1. The zero-order valence-corrected chi connectivity index (χ0v) is 20.6. The number of hydrogen-bond acceptors (Lipinski definition) is 6. The van der Waals surface area contributed by atoms with E-state index in [0.717, 1.165) is 5.56 Å². The molecule has 34 heavy (non-hydrogen) atoms. The highest BCUT2D eigenvalue weighted by Crippen LogP contribution is 2.40. The lowest BCUT2D eigenvalue weighted by Gasteiger charge is -2.25. The predicted octanol–water partition coefficient (Wildman–Crippen LogP) is 4.67. The van der Waals surface area contributed by atoms with E-state index in [0.29, 0.717) is 22.6 Å². The van der Waals surface area contributed by atoms with Gasteiger partial charge in [-0.1, -0.05) is 26.0 Å². The van der Waals surface area contributed by atoms with Gasteiger partial charge < -0.3 is 24.2 Å². The van der Waals surface area contributed by atoms with Gasteiger partial charge in [0.2, 0.25) is 0 Å². The fraction of sp³-hybridized carbons (Fsp3) is 0.407. The third-order valence-corrected chi connectivity index (χ3v) is 5.77. The zero-order chi connectivity index (χ0) is 25.0. The molecule has 182 valence electrons. The minimum Gasteiger partial charge on any atom is -0.507 e. The van der Waals surface area contributed by atoms with Crippen LogP contribution in [0.4, 0.5) is 0 Å². The minimum absolute atomic E-state index is 0.0170. The number of aliphatic hydroxyl groups excluding tert-OH is 1. The van der Waals surface area contributed by atoms with Crippen LogP contribution in [0.1, 0.15) is 56.3 Å². The number of nitrogens with zero attached hydrogens (tertiary/aromatic N) is 1. The van der Waals surface area contributed by atoms with Crippen molar-refractivity contribution in [2.24, 2.45) is 0 Å². The average molecular weight is 468 g/mol. The molecule has 1 heterocycles. The maximum atomic E-state index is 13.1. The number of carbonyl (C=O) groups is 2. The maximum absolute atomic E-state index is 13.1. The van der Waals surface area contributed by atoms with Gasteiger partial charge in [-0.05, 0) is 61.2 Å². The summed E-state index contributed by atoms with van der Waals surface area (Å²) in [6.45, 7) is 8.39. The van der Waals surface area contributed by atoms with Gasteiger partial charge in [0.05, 0.1) is 31.4 Å². The molecule has 1 unspecified atom stereocenters. The summed E-state index contributed by atoms with van der Waals surface area (Å²) in [6.07, 6.45) is 0.0170. The number of benzene rings is 2. The molecule has 0 aromatic heterocycles. The Morgan fingerprint density at radius 2 is 1.71 bits per heavy atom. The third-order valence-electron chi connectivity index (χ3n) is 5.77. The molecule has 1 atom stereocenters. The molecule has 1 fully saturated rings. The van der Waals surface area contributed by atoms with Crippen molar-refractivity contribution in [2.45, 2.75) is 45.8 Å². The zero-order valence-electron chi connectivity index (χ0n) is 20.6. The smallest absolute Gasteiger partial charge is 0.295 e. The first-order valence-corrected chi connectivity index (χ1v) is 11.4. The molecule has 3 rings (SSSR count). The summed E-state index contributed by atoms with van der Waals surface area (Å²) >= 11 is 0. The number of amides is 1. The Hall–Kier alpha value is -3.32. The first-order valence-electron chi connectivity index (χ1n) is 11.4. The monoisotopic (exact) mass is 467 g/mol. The number of Topliss-reactive ketones (excluding diaryl/α,β-unsaturated/α-hetero) is 1. The van der Waals surface area contributed by atoms with Crippen LogP contribution in [0.2, 0.25) is 0 Å². The summed E-state index contributed by atoms with van der Waals surface area (Å²) in [7, 11) is 3.13. The Balaban J connectivity index is 2.14. The molecule has 7 heteroatoms. The molecule has 1 aliphatic heterocycles. The number of ketones is 1. The van der Waals surface area contributed by atoms with Crippen molar-refractivity contribution in [1.29, 1.82) is 0 Å². The van der Waals surface area contributed by atoms with Crippen molar-refractivity contribution in [3.05, 3.63) is 64.7 Å². The van der Waals surface area contributed by atoms with Gasteiger partial charge in [0.25, 0.3) is 11.7 Å². The normalized spacial score (nSPS) is 17.6. The summed E-state index contributed by atoms with van der Waals surface area (Å²) in [5.41, 5.74) is 2.11. The molecule has 0 saturated carbocycles. The minimum atomic E-state index is -0.743. The topological polar surface area (TPSA) is 85.3 Å². The molecule has 0 spiro atoms. The lowest BCUT2D eigenvalue weighted by molar-refractivity contribution is -0.140. The fourth-order valence-electron chi connectivity index (χ4n) is 4.14. The van der Waals surface area contributed by atoms with E-state index in [1.165, 1.54) is 12.0 Å². The molecule has 1 N–H and O–H groups in total. The van der Waals surface area contributed by atoms with E-state index in [-0.39, 0.29) is 36.5 Å². The lowest BCUT2D eigenvalue weighted by atomic mass is 9.93. The van der Waals surface area contributed by atoms with E-state index in [9.17, 15) is 14.7 Å². The molecule has 0 radical (unpaired) electrons. The number of hydrogen-bond donors (Lipinski definition) is 1. The molecule has 7 nitrogen and oxygen atoms in total. The second-order valence-electron chi connectivity index (χ2n) is 8.83. The van der Waals surface area contributed by atoms with Crippen molar-refractivity contribution >= 4 is 17.4 Å². The van der Waals surface area contributed by atoms with Gasteiger partial charge in [-0.3, -0.25) is 9.59 Å². The second-order valence-corrected chi connectivity index (χ2v) is 8.83. The van der Waals surface area contributed by atoms with Gasteiger partial charge in [0.1, 0.15) is 17.3 Å². The molecule has 1 aliphatic rings. The van der Waals surface area contributed by atoms with Crippen LogP contribution in [0, 0.1) is 0 Å². The average Bonchev–Trinajstić information content (AvgIpc) is 3.06. The molecule has 0 bridgehead atoms. The van der Waals surface area contributed by atoms with E-state index < -0.39 is 17.7 Å². The van der Waals surface area contributed by atoms with Gasteiger partial charge in [0.15, 0.2) is 0 Å². The number of ether oxygens (including phenoxy) is 3. The first kappa shape index (κ1) is 25.3. The molecular formula is C27H33NO6. The van der Waals surface area contributed by atoms with Gasteiger partial charge in [-0.25, -0.2) is 0 Å². The fourth-order valence-corrected chi connectivity index (χ4v) is 4.14. The standard InChI is InChI=1S/C27H33NO6/c1-16(2)21-15-19(9-12-22(21)33-6)25(29)23-24(28(13-14-32-5)27(31)26(23)30)18-7-10-20(11-8-18)34-17(3)4/h7-12,15-17,24,29H,13-14H2,1-6H3/b25-23-. The van der Waals surface area contributed by atoms with E-state index in [1.807, 2.05) is 39.8 Å². The van der Waals surface area contributed by atoms with Crippen molar-refractivity contribution in [1.82, 2.24) is 4.90 Å². The maximum Gasteiger partial charge on any atom is 0.295 e. The Kier molecular flexibility index (Phi) is 7.99. The van der Waals surface area contributed by atoms with Gasteiger partial charge in [-0.15, -0.1) is 0 Å². The highest BCUT2D eigenvalue weighted by atomic mass is 16.5. The number of rotatable bonds is 9. The van der Waals surface area contributed by atoms with E-state index >= 15 is 0 Å². The van der Waals surface area contributed by atoms with E-state index in [4.69, 9.17) is 14.2 Å². The highest BCUT2D eigenvalue weighted by Gasteiger charge is 2.45. The number of likely N-dealkylation sites (tertiary alicyclic amines) is 1. The Morgan fingerprint density at radius 1 is 1.03 bits per heavy atom. The first-order chi connectivity index (χ1) is 16.2. The SMILES string of the molecule is COCCN1C(=O)C(=O)/C(=C(\O)c2ccc(OC)c(C(C)C)c2)C1c1ccc(OC(C)C)cc1. The quantitative estimate of drug-likeness (QED) is 0.328. The summed E-state index contributed by atoms with van der Waals surface area (Å²) in [6, 6.07) is 11.7. The van der Waals surface area contributed by atoms with Crippen molar-refractivity contribution < 1.29 is 28.9 Å². The highest BCUT2D eigenvalue weighted by molar-refractivity contribution is 6.46. The van der Waals surface area contributed by atoms with Crippen LogP contribution < -0.4 is 9.47 Å². The van der Waals surface area contributed by atoms with Gasteiger partial charge >= 0.3 is 0 Å². The van der Waals surface area contributed by atoms with Gasteiger partial charge in [-0.2, -0.15) is 0 Å². The van der Waals surface area contributed by atoms with E-state index in [2.05, 4.69) is 0 Å². The molecule has 1 amide bonds. The molecular weight excluding hydrogens is 434 g/mol. The molecule has 2 aromatic carbocycles. The molecule has 2 aromatic rings. The van der Waals surface area contributed by atoms with Crippen LogP contribution in [-0.2, 0) is 14.3 Å². The van der Waals surface area contributed by atoms with Crippen LogP contribution in [0.15, 0.2) is 48.0 Å². The second kappa shape index (κ2) is 10.7. The Bertz CT molecular complexity index is 1070. The number of methoxy groups -OCH3 is 2. The van der Waals surface area contributed by atoms with E-state index in [1.54, 1.807) is 37.4 Å². The van der Waals surface area contributed by atoms with Crippen LogP contribution in [-0.4, -0.2) is 55.2 Å². The van der Waals surface area contributed by atoms with Crippen LogP contribution in [0.5, 0.6) is 11.5 Å². The summed E-state index contributed by atoms with van der Waals surface area (Å²) in [5, 5.41) is 11.3. The summed E-state index contributed by atoms with van der Waals surface area (Å²) < 4.78 is 16.3. The van der Waals surface area contributed by atoms with Crippen molar-refractivity contribution in [3.8, 4) is 11.5 Å². The van der Waals surface area contributed by atoms with Crippen LogP contribution in [0.3, 0.4) is 0 Å². The lowest BCUT2D eigenvalue weighted by Crippen LogP contribution is -2.32. The summed E-state index contributed by atoms with van der Waals surface area (Å²) in [4.78, 5) is 27.5. The van der Waals surface area contributed by atoms with Crippen LogP contribution in [0.25, 0.3) is 5.76 Å². The Morgan fingerprint density at radius 3 is 2.26 bits per heavy atom. The third kappa shape index (κ3) is 5.09. The van der Waals surface area contributed by atoms with Gasteiger partial charge in [0, 0.05) is 19.2 Å². The van der Waals surface area contributed by atoms with Crippen molar-refractivity contribution in [2.75, 3.05) is 27.4 Å². The van der Waals surface area contributed by atoms with Crippen molar-refractivity contribution in [3.63, 3.8) is 0 Å². The van der Waals surface area contributed by atoms with Crippen LogP contribution >= 0.6 is 0 Å².